The Kier molecular flexibility index (Phi) is 4.66. The van der Waals surface area contributed by atoms with Crippen LogP contribution in [-0.2, 0) is 4.74 Å². The standard InChI is InChI=1S/C17H30N2O2S/c1-16(2,3)21-15(20)19-8-4-5-14(11-19)18-9-6-17(7-10-18)12-22-13-17/h14H,4-13H2,1-3H3. The summed E-state index contributed by atoms with van der Waals surface area (Å²) in [5.41, 5.74) is 0.268. The first kappa shape index (κ1) is 16.4. The first-order valence-electron chi connectivity index (χ1n) is 8.67. The van der Waals surface area contributed by atoms with Crippen molar-refractivity contribution in [1.29, 1.82) is 0 Å². The molecule has 126 valence electrons. The van der Waals surface area contributed by atoms with E-state index in [2.05, 4.69) is 16.7 Å². The van der Waals surface area contributed by atoms with Crippen molar-refractivity contribution in [2.45, 2.75) is 58.1 Å². The molecule has 22 heavy (non-hydrogen) atoms. The van der Waals surface area contributed by atoms with Crippen molar-refractivity contribution >= 4 is 17.9 Å². The second-order valence-electron chi connectivity index (χ2n) is 8.25. The van der Waals surface area contributed by atoms with Crippen molar-refractivity contribution in [3.8, 4) is 0 Å². The van der Waals surface area contributed by atoms with Crippen molar-refractivity contribution in [1.82, 2.24) is 9.80 Å². The summed E-state index contributed by atoms with van der Waals surface area (Å²) < 4.78 is 5.54. The smallest absolute Gasteiger partial charge is 0.410 e. The van der Waals surface area contributed by atoms with Gasteiger partial charge in [-0.05, 0) is 76.5 Å². The number of piperidine rings is 2. The number of hydrogen-bond donors (Lipinski definition) is 0. The maximum absolute atomic E-state index is 12.3. The molecule has 0 aromatic heterocycles. The Morgan fingerprint density at radius 2 is 1.86 bits per heavy atom. The number of amides is 1. The zero-order valence-electron chi connectivity index (χ0n) is 14.3. The summed E-state index contributed by atoms with van der Waals surface area (Å²) >= 11 is 2.10. The molecule has 1 spiro atoms. The third-order valence-electron chi connectivity index (χ3n) is 5.24. The van der Waals surface area contributed by atoms with Crippen LogP contribution in [0, 0.1) is 5.41 Å². The number of ether oxygens (including phenoxy) is 1. The van der Waals surface area contributed by atoms with Gasteiger partial charge in [-0.3, -0.25) is 4.90 Å². The Hall–Kier alpha value is -0.420. The van der Waals surface area contributed by atoms with E-state index in [0.717, 1.165) is 19.5 Å². The van der Waals surface area contributed by atoms with Crippen LogP contribution in [0.4, 0.5) is 4.79 Å². The fourth-order valence-electron chi connectivity index (χ4n) is 3.79. The molecule has 3 aliphatic heterocycles. The molecule has 3 saturated heterocycles. The van der Waals surface area contributed by atoms with Crippen LogP contribution in [0.25, 0.3) is 0 Å². The summed E-state index contributed by atoms with van der Waals surface area (Å²) in [7, 11) is 0. The average Bonchev–Trinajstić information content (AvgIpc) is 2.44. The molecule has 3 heterocycles. The third kappa shape index (κ3) is 3.73. The van der Waals surface area contributed by atoms with E-state index in [-0.39, 0.29) is 6.09 Å². The summed E-state index contributed by atoms with van der Waals surface area (Å²) in [6, 6.07) is 0.534. The maximum atomic E-state index is 12.3. The van der Waals surface area contributed by atoms with Gasteiger partial charge < -0.3 is 9.64 Å². The van der Waals surface area contributed by atoms with E-state index in [9.17, 15) is 4.79 Å². The van der Waals surface area contributed by atoms with Crippen LogP contribution in [0.5, 0.6) is 0 Å². The zero-order valence-corrected chi connectivity index (χ0v) is 15.1. The summed E-state index contributed by atoms with van der Waals surface area (Å²) in [6.07, 6.45) is 4.88. The maximum Gasteiger partial charge on any atom is 0.410 e. The topological polar surface area (TPSA) is 32.8 Å². The highest BCUT2D eigenvalue weighted by atomic mass is 32.2. The van der Waals surface area contributed by atoms with E-state index in [1.165, 1.54) is 43.9 Å². The van der Waals surface area contributed by atoms with Gasteiger partial charge in [0, 0.05) is 19.1 Å². The molecule has 1 unspecified atom stereocenters. The molecule has 0 radical (unpaired) electrons. The molecule has 0 aromatic carbocycles. The van der Waals surface area contributed by atoms with Gasteiger partial charge in [-0.2, -0.15) is 11.8 Å². The predicted molar refractivity (Wildman–Crippen MR) is 91.4 cm³/mol. The van der Waals surface area contributed by atoms with Crippen LogP contribution in [0.2, 0.25) is 0 Å². The van der Waals surface area contributed by atoms with Crippen molar-refractivity contribution in [2.75, 3.05) is 37.7 Å². The van der Waals surface area contributed by atoms with Gasteiger partial charge in [0.05, 0.1) is 0 Å². The van der Waals surface area contributed by atoms with E-state index in [1.54, 1.807) is 0 Å². The number of thioether (sulfide) groups is 1. The molecule has 0 saturated carbocycles. The second kappa shape index (κ2) is 6.23. The number of likely N-dealkylation sites (tertiary alicyclic amines) is 2. The average molecular weight is 327 g/mol. The van der Waals surface area contributed by atoms with Crippen molar-refractivity contribution in [3.63, 3.8) is 0 Å². The molecule has 1 atom stereocenters. The van der Waals surface area contributed by atoms with Crippen LogP contribution >= 0.6 is 11.8 Å². The van der Waals surface area contributed by atoms with Gasteiger partial charge >= 0.3 is 6.09 Å². The normalized spacial score (nSPS) is 29.2. The Bertz CT molecular complexity index is 407. The quantitative estimate of drug-likeness (QED) is 0.741. The van der Waals surface area contributed by atoms with E-state index >= 15 is 0 Å². The molecular formula is C17H30N2O2S. The summed E-state index contributed by atoms with van der Waals surface area (Å²) in [6.45, 7) is 9.93. The van der Waals surface area contributed by atoms with Crippen LogP contribution in [-0.4, -0.2) is 65.2 Å². The molecule has 1 amide bonds. The molecule has 3 rings (SSSR count). The van der Waals surface area contributed by atoms with E-state index < -0.39 is 5.60 Å². The molecule has 5 heteroatoms. The number of hydrogen-bond acceptors (Lipinski definition) is 4. The molecule has 0 bridgehead atoms. The number of carbonyl (C=O) groups excluding carboxylic acids is 1. The van der Waals surface area contributed by atoms with Crippen LogP contribution in [0.15, 0.2) is 0 Å². The van der Waals surface area contributed by atoms with E-state index in [0.29, 0.717) is 11.5 Å². The lowest BCUT2D eigenvalue weighted by Crippen LogP contribution is -2.55. The van der Waals surface area contributed by atoms with E-state index in [1.807, 2.05) is 25.7 Å². The molecule has 3 fully saturated rings. The van der Waals surface area contributed by atoms with Gasteiger partial charge in [0.2, 0.25) is 0 Å². The van der Waals surface area contributed by atoms with Crippen molar-refractivity contribution in [2.24, 2.45) is 5.41 Å². The number of rotatable bonds is 1. The molecule has 3 aliphatic rings. The van der Waals surface area contributed by atoms with Gasteiger partial charge in [0.25, 0.3) is 0 Å². The highest BCUT2D eigenvalue weighted by Gasteiger charge is 2.42. The van der Waals surface area contributed by atoms with Crippen LogP contribution in [0.3, 0.4) is 0 Å². The number of carbonyl (C=O) groups is 1. The Morgan fingerprint density at radius 3 is 2.41 bits per heavy atom. The molecule has 0 N–H and O–H groups in total. The Morgan fingerprint density at radius 1 is 1.18 bits per heavy atom. The lowest BCUT2D eigenvalue weighted by atomic mass is 9.80. The minimum atomic E-state index is -0.399. The fourth-order valence-corrected chi connectivity index (χ4v) is 5.15. The van der Waals surface area contributed by atoms with Gasteiger partial charge in [-0.15, -0.1) is 0 Å². The monoisotopic (exact) mass is 326 g/mol. The second-order valence-corrected chi connectivity index (χ2v) is 9.24. The highest BCUT2D eigenvalue weighted by Crippen LogP contribution is 2.46. The first-order valence-corrected chi connectivity index (χ1v) is 9.82. The highest BCUT2D eigenvalue weighted by molar-refractivity contribution is 8.00. The number of nitrogens with zero attached hydrogens (tertiary/aromatic N) is 2. The Balaban J connectivity index is 1.51. The third-order valence-corrected chi connectivity index (χ3v) is 6.87. The molecule has 4 nitrogen and oxygen atoms in total. The summed E-state index contributed by atoms with van der Waals surface area (Å²) in [4.78, 5) is 16.8. The Labute approximate surface area is 138 Å². The van der Waals surface area contributed by atoms with Gasteiger partial charge in [-0.25, -0.2) is 4.79 Å². The first-order chi connectivity index (χ1) is 10.4. The van der Waals surface area contributed by atoms with Crippen molar-refractivity contribution in [3.05, 3.63) is 0 Å². The zero-order chi connectivity index (χ0) is 15.8. The van der Waals surface area contributed by atoms with Gasteiger partial charge in [0.15, 0.2) is 0 Å². The molecule has 0 aliphatic carbocycles. The molecular weight excluding hydrogens is 296 g/mol. The lowest BCUT2D eigenvalue weighted by Gasteiger charge is -2.50. The van der Waals surface area contributed by atoms with Crippen molar-refractivity contribution < 1.29 is 9.53 Å². The largest absolute Gasteiger partial charge is 0.444 e. The van der Waals surface area contributed by atoms with Gasteiger partial charge in [-0.1, -0.05) is 0 Å². The molecule has 0 aromatic rings. The van der Waals surface area contributed by atoms with Gasteiger partial charge in [0.1, 0.15) is 5.60 Å². The minimum Gasteiger partial charge on any atom is -0.444 e. The minimum absolute atomic E-state index is 0.138. The van der Waals surface area contributed by atoms with E-state index in [4.69, 9.17) is 4.74 Å². The predicted octanol–water partition coefficient (Wildman–Crippen LogP) is 3.21. The van der Waals surface area contributed by atoms with Crippen LogP contribution < -0.4 is 0 Å². The fraction of sp³-hybridized carbons (Fsp3) is 0.941. The lowest BCUT2D eigenvalue weighted by molar-refractivity contribution is 0.00390. The summed E-state index contributed by atoms with van der Waals surface area (Å²) in [5.74, 6) is 2.74. The summed E-state index contributed by atoms with van der Waals surface area (Å²) in [5, 5.41) is 0. The SMILES string of the molecule is CC(C)(C)OC(=O)N1CCCC(N2CCC3(CC2)CSC3)C1. The van der Waals surface area contributed by atoms with Crippen LogP contribution in [0.1, 0.15) is 46.5 Å².